The molecule has 1 heterocycles. The first-order chi connectivity index (χ1) is 10.7. The fraction of sp³-hybridized carbons (Fsp3) is 0.385. The molecule has 0 aromatic carbocycles. The number of hydrogen-bond acceptors (Lipinski definition) is 6. The first-order valence-electron chi connectivity index (χ1n) is 6.56. The van der Waals surface area contributed by atoms with Gasteiger partial charge in [0.25, 0.3) is 5.91 Å². The summed E-state index contributed by atoms with van der Waals surface area (Å²) in [4.78, 5) is 19.6. The summed E-state index contributed by atoms with van der Waals surface area (Å²) in [5, 5.41) is 14.4. The maximum atomic E-state index is 11.6. The third kappa shape index (κ3) is 5.99. The highest BCUT2D eigenvalue weighted by Crippen LogP contribution is 2.15. The second-order valence-corrected chi connectivity index (χ2v) is 5.17. The van der Waals surface area contributed by atoms with Crippen molar-refractivity contribution in [2.75, 3.05) is 25.9 Å². The molecule has 0 fully saturated rings. The summed E-state index contributed by atoms with van der Waals surface area (Å²) in [5.74, 6) is 6.89. The number of thioether (sulfide) groups is 1. The smallest absolute Gasteiger partial charge is 0.265 e. The molecule has 0 aliphatic rings. The first kappa shape index (κ1) is 17.7. The van der Waals surface area contributed by atoms with Crippen LogP contribution >= 0.6 is 11.8 Å². The number of carbonyl (C=O) groups is 1. The van der Waals surface area contributed by atoms with Crippen LogP contribution in [0.1, 0.15) is 15.9 Å². The monoisotopic (exact) mass is 321 g/mol. The van der Waals surface area contributed by atoms with Gasteiger partial charge in [0.05, 0.1) is 6.07 Å². The molecule has 0 aliphatic heterocycles. The molecule has 5 N–H and O–H groups in total. The van der Waals surface area contributed by atoms with E-state index < -0.39 is 0 Å². The number of hydrazine groups is 1. The standard InChI is InChI=1S/C13H19N7OS/c1-16-13(18-5-3-14)19-6-7-22-9-10-8-17-4-2-11(10)12(21)20-15/h2,4,8H,5-7,9,15H2,1H3,(H,20,21)(H2,16,18,19). The fourth-order valence-electron chi connectivity index (χ4n) is 1.61. The van der Waals surface area contributed by atoms with Gasteiger partial charge in [0.15, 0.2) is 5.96 Å². The van der Waals surface area contributed by atoms with Crippen LogP contribution in [-0.4, -0.2) is 42.7 Å². The number of carbonyl (C=O) groups excluding carboxylic acids is 1. The Kier molecular flexibility index (Phi) is 8.40. The SMILES string of the molecule is CN=C(NCC#N)NCCSCc1cnccc1C(=O)NN. The molecule has 0 aliphatic carbocycles. The molecule has 118 valence electrons. The lowest BCUT2D eigenvalue weighted by atomic mass is 10.1. The van der Waals surface area contributed by atoms with Crippen LogP contribution in [0.25, 0.3) is 0 Å². The van der Waals surface area contributed by atoms with Crippen LogP contribution in [-0.2, 0) is 5.75 Å². The lowest BCUT2D eigenvalue weighted by molar-refractivity contribution is 0.0953. The molecule has 1 aromatic heterocycles. The van der Waals surface area contributed by atoms with Crippen LogP contribution < -0.4 is 21.9 Å². The average Bonchev–Trinajstić information content (AvgIpc) is 2.57. The minimum atomic E-state index is -0.322. The predicted octanol–water partition coefficient (Wildman–Crippen LogP) is -0.393. The molecule has 0 unspecified atom stereocenters. The van der Waals surface area contributed by atoms with E-state index in [9.17, 15) is 4.79 Å². The Morgan fingerprint density at radius 3 is 3.05 bits per heavy atom. The number of amides is 1. The zero-order chi connectivity index (χ0) is 16.2. The fourth-order valence-corrected chi connectivity index (χ4v) is 2.45. The topological polar surface area (TPSA) is 128 Å². The van der Waals surface area contributed by atoms with Gasteiger partial charge in [0, 0.05) is 43.1 Å². The summed E-state index contributed by atoms with van der Waals surface area (Å²) in [6.07, 6.45) is 3.23. The summed E-state index contributed by atoms with van der Waals surface area (Å²) >= 11 is 1.65. The second-order valence-electron chi connectivity index (χ2n) is 4.07. The number of pyridine rings is 1. The molecule has 8 nitrogen and oxygen atoms in total. The van der Waals surface area contributed by atoms with Gasteiger partial charge < -0.3 is 10.6 Å². The largest absolute Gasteiger partial charge is 0.356 e. The second kappa shape index (κ2) is 10.4. The van der Waals surface area contributed by atoms with Crippen LogP contribution in [0, 0.1) is 11.3 Å². The van der Waals surface area contributed by atoms with Gasteiger partial charge in [-0.15, -0.1) is 0 Å². The summed E-state index contributed by atoms with van der Waals surface area (Å²) in [6, 6.07) is 3.63. The Bertz CT molecular complexity index is 556. The summed E-state index contributed by atoms with van der Waals surface area (Å²) < 4.78 is 0. The van der Waals surface area contributed by atoms with E-state index in [2.05, 4.69) is 26.0 Å². The summed E-state index contributed by atoms with van der Waals surface area (Å²) in [5.41, 5.74) is 3.49. The maximum absolute atomic E-state index is 11.6. The van der Waals surface area contributed by atoms with E-state index in [-0.39, 0.29) is 12.5 Å². The molecule has 1 amide bonds. The Morgan fingerprint density at radius 1 is 1.55 bits per heavy atom. The van der Waals surface area contributed by atoms with Crippen LogP contribution in [0.4, 0.5) is 0 Å². The summed E-state index contributed by atoms with van der Waals surface area (Å²) in [7, 11) is 1.65. The van der Waals surface area contributed by atoms with Crippen molar-refractivity contribution < 1.29 is 4.79 Å². The Balaban J connectivity index is 2.36. The molecule has 0 spiro atoms. The molecule has 1 rings (SSSR count). The number of nitriles is 1. The summed E-state index contributed by atoms with van der Waals surface area (Å²) in [6.45, 7) is 0.897. The van der Waals surface area contributed by atoms with Crippen LogP contribution in [0.3, 0.4) is 0 Å². The van der Waals surface area contributed by atoms with E-state index in [4.69, 9.17) is 11.1 Å². The molecule has 1 aromatic rings. The normalized spacial score (nSPS) is 10.7. The van der Waals surface area contributed by atoms with Crippen molar-refractivity contribution >= 4 is 23.6 Å². The van der Waals surface area contributed by atoms with E-state index in [0.717, 1.165) is 11.3 Å². The number of nitrogens with two attached hydrogens (primary N) is 1. The van der Waals surface area contributed by atoms with Crippen molar-refractivity contribution in [1.29, 1.82) is 5.26 Å². The molecule has 0 bridgehead atoms. The van der Waals surface area contributed by atoms with Gasteiger partial charge in [-0.2, -0.15) is 17.0 Å². The van der Waals surface area contributed by atoms with Crippen molar-refractivity contribution in [3.63, 3.8) is 0 Å². The number of nitrogens with zero attached hydrogens (tertiary/aromatic N) is 3. The predicted molar refractivity (Wildman–Crippen MR) is 87.0 cm³/mol. The molecule has 0 saturated heterocycles. The minimum absolute atomic E-state index is 0.208. The van der Waals surface area contributed by atoms with Crippen molar-refractivity contribution in [2.45, 2.75) is 5.75 Å². The maximum Gasteiger partial charge on any atom is 0.265 e. The molecule has 0 atom stereocenters. The van der Waals surface area contributed by atoms with Crippen LogP contribution in [0.5, 0.6) is 0 Å². The first-order valence-corrected chi connectivity index (χ1v) is 7.71. The van der Waals surface area contributed by atoms with Gasteiger partial charge in [0.2, 0.25) is 0 Å². The number of nitrogen functional groups attached to an aromatic ring is 1. The van der Waals surface area contributed by atoms with Gasteiger partial charge in [-0.1, -0.05) is 0 Å². The highest BCUT2D eigenvalue weighted by atomic mass is 32.2. The number of nitrogens with one attached hydrogen (secondary N) is 3. The number of rotatable bonds is 7. The average molecular weight is 321 g/mol. The molecule has 0 radical (unpaired) electrons. The highest BCUT2D eigenvalue weighted by Gasteiger charge is 2.09. The molecule has 22 heavy (non-hydrogen) atoms. The quantitative estimate of drug-likeness (QED) is 0.102. The molecule has 0 saturated carbocycles. The van der Waals surface area contributed by atoms with Crippen molar-refractivity contribution in [1.82, 2.24) is 21.0 Å². The van der Waals surface area contributed by atoms with Crippen molar-refractivity contribution in [3.8, 4) is 6.07 Å². The van der Waals surface area contributed by atoms with E-state index in [0.29, 0.717) is 23.8 Å². The van der Waals surface area contributed by atoms with E-state index in [1.165, 1.54) is 0 Å². The van der Waals surface area contributed by atoms with Crippen molar-refractivity contribution in [2.24, 2.45) is 10.8 Å². The van der Waals surface area contributed by atoms with Crippen molar-refractivity contribution in [3.05, 3.63) is 29.6 Å². The Morgan fingerprint density at radius 2 is 2.36 bits per heavy atom. The highest BCUT2D eigenvalue weighted by molar-refractivity contribution is 7.98. The van der Waals surface area contributed by atoms with Gasteiger partial charge in [-0.3, -0.25) is 20.2 Å². The number of aromatic nitrogens is 1. The molecular formula is C13H19N7OS. The van der Waals surface area contributed by atoms with E-state index in [1.807, 2.05) is 6.07 Å². The third-order valence-electron chi connectivity index (χ3n) is 2.63. The van der Waals surface area contributed by atoms with Gasteiger partial charge in [-0.25, -0.2) is 5.84 Å². The van der Waals surface area contributed by atoms with Gasteiger partial charge in [-0.05, 0) is 11.6 Å². The Labute approximate surface area is 133 Å². The minimum Gasteiger partial charge on any atom is -0.356 e. The van der Waals surface area contributed by atoms with Crippen LogP contribution in [0.15, 0.2) is 23.5 Å². The molecule has 9 heteroatoms. The lowest BCUT2D eigenvalue weighted by Gasteiger charge is -2.10. The lowest BCUT2D eigenvalue weighted by Crippen LogP contribution is -2.38. The van der Waals surface area contributed by atoms with Gasteiger partial charge >= 0.3 is 0 Å². The molecular weight excluding hydrogens is 302 g/mol. The Hall–Kier alpha value is -2.31. The van der Waals surface area contributed by atoms with E-state index >= 15 is 0 Å². The van der Waals surface area contributed by atoms with Gasteiger partial charge in [0.1, 0.15) is 6.54 Å². The number of aliphatic imine (C=N–C) groups is 1. The zero-order valence-electron chi connectivity index (χ0n) is 12.3. The number of guanidine groups is 1. The van der Waals surface area contributed by atoms with Crippen LogP contribution in [0.2, 0.25) is 0 Å². The van der Waals surface area contributed by atoms with E-state index in [1.54, 1.807) is 37.3 Å². The zero-order valence-corrected chi connectivity index (χ0v) is 13.1. The third-order valence-corrected chi connectivity index (χ3v) is 3.64. The number of hydrogen-bond donors (Lipinski definition) is 4.